The molecule has 5 heteroatoms. The van der Waals surface area contributed by atoms with Crippen LogP contribution < -0.4 is 4.90 Å². The lowest BCUT2D eigenvalue weighted by atomic mass is 9.90. The van der Waals surface area contributed by atoms with E-state index in [0.717, 1.165) is 66.3 Å². The van der Waals surface area contributed by atoms with Crippen LogP contribution in [0.1, 0.15) is 26.3 Å². The van der Waals surface area contributed by atoms with Gasteiger partial charge in [-0.1, -0.05) is 133 Å². The van der Waals surface area contributed by atoms with Gasteiger partial charge in [0, 0.05) is 21.9 Å². The van der Waals surface area contributed by atoms with Crippen LogP contribution in [0.2, 0.25) is 0 Å². The van der Waals surface area contributed by atoms with Crippen molar-refractivity contribution in [3.8, 4) is 56.3 Å². The maximum atomic E-state index is 15.3. The fourth-order valence-electron chi connectivity index (χ4n) is 8.15. The molecule has 0 radical (unpaired) electrons. The molecule has 0 atom stereocenters. The van der Waals surface area contributed by atoms with E-state index in [9.17, 15) is 10.1 Å². The first-order valence-corrected chi connectivity index (χ1v) is 18.5. The number of aromatic nitrogens is 1. The van der Waals surface area contributed by atoms with E-state index in [1.54, 1.807) is 6.07 Å². The molecule has 0 bridgehead atoms. The summed E-state index contributed by atoms with van der Waals surface area (Å²) in [5, 5.41) is 11.4. The van der Waals surface area contributed by atoms with Crippen LogP contribution in [-0.2, 0) is 0 Å². The van der Waals surface area contributed by atoms with Gasteiger partial charge < -0.3 is 4.57 Å². The molecule has 0 aliphatic carbocycles. The number of hydrogen-bond donors (Lipinski definition) is 0. The van der Waals surface area contributed by atoms with Crippen molar-refractivity contribution in [2.45, 2.75) is 0 Å². The van der Waals surface area contributed by atoms with Crippen LogP contribution >= 0.6 is 0 Å². The van der Waals surface area contributed by atoms with Crippen LogP contribution in [0.4, 0.5) is 5.69 Å². The normalized spacial score (nSPS) is 12.3. The smallest absolute Gasteiger partial charge is 0.268 e. The van der Waals surface area contributed by atoms with Gasteiger partial charge in [-0.25, -0.2) is 4.90 Å². The molecule has 0 saturated heterocycles. The SMILES string of the molecule is N#Cc1ccc(-c2ccc3c(c2)c2ccccc2n3-c2cccc3c2C(=O)N(c2c(-c4ccccc4)cc(-c4ccccc4)cc2-c2ccccc2)C3=O)cc1. The number of carbonyl (C=O) groups excluding carboxylic acids is 2. The number of carbonyl (C=O) groups is 2. The number of para-hydroxylation sites is 1. The maximum absolute atomic E-state index is 15.3. The van der Waals surface area contributed by atoms with Gasteiger partial charge in [-0.15, -0.1) is 0 Å². The second-order valence-electron chi connectivity index (χ2n) is 13.9. The molecule has 0 fully saturated rings. The van der Waals surface area contributed by atoms with E-state index in [1.165, 1.54) is 4.90 Å². The number of hydrogen-bond acceptors (Lipinski definition) is 3. The Morgan fingerprint density at radius 2 is 0.964 bits per heavy atom. The summed E-state index contributed by atoms with van der Waals surface area (Å²) in [5.74, 6) is -0.736. The third-order valence-electron chi connectivity index (χ3n) is 10.8. The van der Waals surface area contributed by atoms with Crippen molar-refractivity contribution in [1.29, 1.82) is 5.26 Å². The minimum Gasteiger partial charge on any atom is -0.308 e. The second kappa shape index (κ2) is 13.2. The lowest BCUT2D eigenvalue weighted by Gasteiger charge is -2.24. The van der Waals surface area contributed by atoms with Gasteiger partial charge in [0.2, 0.25) is 0 Å². The number of nitriles is 1. The van der Waals surface area contributed by atoms with Crippen molar-refractivity contribution < 1.29 is 9.59 Å². The molecule has 0 unspecified atom stereocenters. The molecular formula is C51H31N3O2. The fourth-order valence-corrected chi connectivity index (χ4v) is 8.15. The molecule has 1 aromatic heterocycles. The Morgan fingerprint density at radius 1 is 0.411 bits per heavy atom. The minimum absolute atomic E-state index is 0.359. The molecule has 0 spiro atoms. The van der Waals surface area contributed by atoms with Crippen LogP contribution in [-0.4, -0.2) is 16.4 Å². The lowest BCUT2D eigenvalue weighted by Crippen LogP contribution is -2.30. The van der Waals surface area contributed by atoms with Gasteiger partial charge in [0.15, 0.2) is 0 Å². The van der Waals surface area contributed by atoms with Gasteiger partial charge >= 0.3 is 0 Å². The Hall–Kier alpha value is -7.81. The van der Waals surface area contributed by atoms with E-state index in [-0.39, 0.29) is 11.8 Å². The summed E-state index contributed by atoms with van der Waals surface area (Å²) in [5.41, 5.74) is 11.8. The van der Waals surface area contributed by atoms with Crippen LogP contribution in [0.15, 0.2) is 188 Å². The molecule has 1 aliphatic rings. The van der Waals surface area contributed by atoms with Crippen molar-refractivity contribution in [3.63, 3.8) is 0 Å². The van der Waals surface area contributed by atoms with E-state index < -0.39 is 0 Å². The molecule has 9 aromatic rings. The molecular weight excluding hydrogens is 687 g/mol. The highest BCUT2D eigenvalue weighted by Gasteiger charge is 2.41. The number of rotatable bonds is 6. The van der Waals surface area contributed by atoms with Gasteiger partial charge in [-0.05, 0) is 88.0 Å². The van der Waals surface area contributed by atoms with E-state index in [0.29, 0.717) is 28.1 Å². The van der Waals surface area contributed by atoms with Gasteiger partial charge in [0.25, 0.3) is 11.8 Å². The second-order valence-corrected chi connectivity index (χ2v) is 13.9. The summed E-state index contributed by atoms with van der Waals surface area (Å²) in [6.07, 6.45) is 0. The predicted octanol–water partition coefficient (Wildman–Crippen LogP) is 12.1. The number of nitrogens with zero attached hydrogens (tertiary/aromatic N) is 3. The Labute approximate surface area is 323 Å². The van der Waals surface area contributed by atoms with Gasteiger partial charge in [0.1, 0.15) is 0 Å². The molecule has 8 aromatic carbocycles. The molecule has 2 heterocycles. The first-order valence-electron chi connectivity index (χ1n) is 18.5. The molecule has 5 nitrogen and oxygen atoms in total. The highest BCUT2D eigenvalue weighted by atomic mass is 16.2. The monoisotopic (exact) mass is 717 g/mol. The molecule has 0 N–H and O–H groups in total. The van der Waals surface area contributed by atoms with Crippen molar-refractivity contribution in [3.05, 3.63) is 205 Å². The third-order valence-corrected chi connectivity index (χ3v) is 10.8. The summed E-state index contributed by atoms with van der Waals surface area (Å²) in [6.45, 7) is 0. The Kier molecular flexibility index (Phi) is 7.76. The van der Waals surface area contributed by atoms with E-state index in [2.05, 4.69) is 65.2 Å². The lowest BCUT2D eigenvalue weighted by molar-refractivity contribution is 0.0926. The van der Waals surface area contributed by atoms with E-state index in [1.807, 2.05) is 127 Å². The highest BCUT2D eigenvalue weighted by molar-refractivity contribution is 6.37. The summed E-state index contributed by atoms with van der Waals surface area (Å²) < 4.78 is 2.11. The average Bonchev–Trinajstić information content (AvgIpc) is 3.73. The van der Waals surface area contributed by atoms with Crippen molar-refractivity contribution in [2.75, 3.05) is 4.90 Å². The maximum Gasteiger partial charge on any atom is 0.268 e. The standard InChI is InChI=1S/C51H31N3O2/c52-32-33-23-25-35(26-24-33)38-27-28-46-44(29-38)40-19-10-11-21-45(40)53(46)47-22-12-20-41-48(47)51(56)54(50(41)55)49-42(36-15-6-2-7-16-36)30-39(34-13-4-1-5-14-34)31-43(49)37-17-8-3-9-18-37/h1-31H. The van der Waals surface area contributed by atoms with Gasteiger partial charge in [-0.3, -0.25) is 9.59 Å². The zero-order valence-electron chi connectivity index (χ0n) is 30.1. The molecule has 0 saturated carbocycles. The summed E-state index contributed by atoms with van der Waals surface area (Å²) in [7, 11) is 0. The summed E-state index contributed by atoms with van der Waals surface area (Å²) >= 11 is 0. The highest BCUT2D eigenvalue weighted by Crippen LogP contribution is 2.47. The molecule has 1 aliphatic heterocycles. The average molecular weight is 718 g/mol. The Balaban J connectivity index is 1.19. The van der Waals surface area contributed by atoms with Crippen LogP contribution in [0.3, 0.4) is 0 Å². The van der Waals surface area contributed by atoms with Crippen molar-refractivity contribution in [1.82, 2.24) is 4.57 Å². The van der Waals surface area contributed by atoms with Crippen LogP contribution in [0.25, 0.3) is 72.0 Å². The largest absolute Gasteiger partial charge is 0.308 e. The Morgan fingerprint density at radius 3 is 1.61 bits per heavy atom. The molecule has 262 valence electrons. The molecule has 10 rings (SSSR count). The predicted molar refractivity (Wildman–Crippen MR) is 225 cm³/mol. The third kappa shape index (κ3) is 5.24. The number of imide groups is 1. The zero-order chi connectivity index (χ0) is 37.8. The first kappa shape index (κ1) is 32.8. The van der Waals surface area contributed by atoms with Crippen molar-refractivity contribution >= 4 is 39.3 Å². The number of benzene rings is 8. The summed E-state index contributed by atoms with van der Waals surface area (Å²) in [6, 6.07) is 64.1. The first-order chi connectivity index (χ1) is 27.6. The van der Waals surface area contributed by atoms with Crippen LogP contribution in [0, 0.1) is 11.3 Å². The summed E-state index contributed by atoms with van der Waals surface area (Å²) in [4.78, 5) is 31.6. The van der Waals surface area contributed by atoms with E-state index in [4.69, 9.17) is 0 Å². The molecule has 56 heavy (non-hydrogen) atoms. The van der Waals surface area contributed by atoms with Crippen molar-refractivity contribution in [2.24, 2.45) is 0 Å². The topological polar surface area (TPSA) is 66.1 Å². The Bertz CT molecular complexity index is 2990. The number of anilines is 1. The number of amides is 2. The quantitative estimate of drug-likeness (QED) is 0.161. The van der Waals surface area contributed by atoms with E-state index >= 15 is 4.79 Å². The number of fused-ring (bicyclic) bond motifs is 4. The molecule has 2 amide bonds. The van der Waals surface area contributed by atoms with Crippen LogP contribution in [0.5, 0.6) is 0 Å². The minimum atomic E-state index is -0.373. The van der Waals surface area contributed by atoms with Gasteiger partial charge in [0.05, 0.1) is 45.2 Å². The zero-order valence-corrected chi connectivity index (χ0v) is 30.1. The fraction of sp³-hybridized carbons (Fsp3) is 0. The van der Waals surface area contributed by atoms with Gasteiger partial charge in [-0.2, -0.15) is 5.26 Å².